The van der Waals surface area contributed by atoms with Crippen LogP contribution in [-0.4, -0.2) is 33.2 Å². The number of nitrogens with zero attached hydrogens (tertiary/aromatic N) is 2. The summed E-state index contributed by atoms with van der Waals surface area (Å²) < 4.78 is 13.0. The molecule has 0 bridgehead atoms. The van der Waals surface area contributed by atoms with E-state index in [9.17, 15) is 14.0 Å². The van der Waals surface area contributed by atoms with Gasteiger partial charge in [-0.3, -0.25) is 14.5 Å². The molecule has 1 aliphatic heterocycles. The second kappa shape index (κ2) is 7.75. The van der Waals surface area contributed by atoms with Gasteiger partial charge in [0.1, 0.15) is 11.1 Å². The molecule has 1 unspecified atom stereocenters. The molecule has 1 saturated heterocycles. The van der Waals surface area contributed by atoms with Gasteiger partial charge in [0.05, 0.1) is 5.69 Å². The van der Waals surface area contributed by atoms with Gasteiger partial charge in [0.25, 0.3) is 0 Å². The van der Waals surface area contributed by atoms with E-state index in [-0.39, 0.29) is 30.1 Å². The van der Waals surface area contributed by atoms with Crippen molar-refractivity contribution >= 4 is 40.1 Å². The van der Waals surface area contributed by atoms with Crippen molar-refractivity contribution in [1.82, 2.24) is 4.90 Å². The Balaban J connectivity index is 1.49. The number of aryl methyl sites for hydroxylation is 1. The van der Waals surface area contributed by atoms with Gasteiger partial charge in [0, 0.05) is 18.2 Å². The molecular weight excluding hydrogens is 377 g/mol. The molecule has 1 saturated carbocycles. The summed E-state index contributed by atoms with van der Waals surface area (Å²) in [6, 6.07) is 13.5. The molecule has 4 rings (SSSR count). The van der Waals surface area contributed by atoms with Gasteiger partial charge >= 0.3 is 0 Å². The molecule has 144 valence electrons. The monoisotopic (exact) mass is 397 g/mol. The zero-order chi connectivity index (χ0) is 19.7. The fourth-order valence-electron chi connectivity index (χ4n) is 3.07. The Morgan fingerprint density at radius 2 is 1.93 bits per heavy atom. The number of thioether (sulfide) groups is 1. The third kappa shape index (κ3) is 4.09. The summed E-state index contributed by atoms with van der Waals surface area (Å²) in [6.07, 6.45) is 1.98. The number of benzene rings is 2. The number of carbonyl (C=O) groups is 2. The van der Waals surface area contributed by atoms with Crippen LogP contribution in [0.25, 0.3) is 0 Å². The summed E-state index contributed by atoms with van der Waals surface area (Å²) in [7, 11) is 0. The van der Waals surface area contributed by atoms with Crippen LogP contribution in [0.15, 0.2) is 53.5 Å². The van der Waals surface area contributed by atoms with Gasteiger partial charge in [-0.25, -0.2) is 9.38 Å². The number of rotatable bonds is 5. The zero-order valence-electron chi connectivity index (χ0n) is 15.4. The van der Waals surface area contributed by atoms with E-state index in [1.165, 1.54) is 36.0 Å². The number of aliphatic imine (C=N–C) groups is 1. The van der Waals surface area contributed by atoms with Crippen LogP contribution >= 0.6 is 11.8 Å². The van der Waals surface area contributed by atoms with E-state index < -0.39 is 5.25 Å². The first-order valence-corrected chi connectivity index (χ1v) is 10.1. The molecule has 28 heavy (non-hydrogen) atoms. The van der Waals surface area contributed by atoms with E-state index in [1.807, 2.05) is 31.2 Å². The standard InChI is InChI=1S/C21H20FN3O2S/c1-13-4-2-3-5-17(13)24-21-25(16-10-11-16)20(27)18(28-21)12-19(26)23-15-8-6-14(22)7-9-15/h2-9,16,18H,10-12H2,1H3,(H,23,26). The average Bonchev–Trinajstić information content (AvgIpc) is 3.45. The highest BCUT2D eigenvalue weighted by Gasteiger charge is 2.46. The van der Waals surface area contributed by atoms with Crippen LogP contribution in [0, 0.1) is 12.7 Å². The van der Waals surface area contributed by atoms with Crippen molar-refractivity contribution < 1.29 is 14.0 Å². The van der Waals surface area contributed by atoms with Crippen molar-refractivity contribution in [2.45, 2.75) is 37.5 Å². The maximum Gasteiger partial charge on any atom is 0.242 e. The van der Waals surface area contributed by atoms with Gasteiger partial charge in [0.15, 0.2) is 5.17 Å². The molecule has 2 fully saturated rings. The number of halogens is 1. The number of amides is 2. The average molecular weight is 397 g/mol. The Morgan fingerprint density at radius 3 is 2.61 bits per heavy atom. The first-order valence-electron chi connectivity index (χ1n) is 9.21. The molecule has 7 heteroatoms. The van der Waals surface area contributed by atoms with E-state index in [4.69, 9.17) is 4.99 Å². The predicted molar refractivity (Wildman–Crippen MR) is 109 cm³/mol. The van der Waals surface area contributed by atoms with Crippen LogP contribution in [-0.2, 0) is 9.59 Å². The van der Waals surface area contributed by atoms with E-state index in [0.717, 1.165) is 24.1 Å². The molecule has 1 N–H and O–H groups in total. The van der Waals surface area contributed by atoms with Crippen molar-refractivity contribution in [3.63, 3.8) is 0 Å². The lowest BCUT2D eigenvalue weighted by molar-refractivity contribution is -0.128. The molecule has 5 nitrogen and oxygen atoms in total. The summed E-state index contributed by atoms with van der Waals surface area (Å²) in [5, 5.41) is 2.89. The van der Waals surface area contributed by atoms with Crippen LogP contribution in [0.4, 0.5) is 15.8 Å². The molecule has 2 aromatic carbocycles. The van der Waals surface area contributed by atoms with Crippen molar-refractivity contribution in [3.05, 3.63) is 59.9 Å². The number of para-hydroxylation sites is 1. The van der Waals surface area contributed by atoms with Crippen LogP contribution in [0.5, 0.6) is 0 Å². The van der Waals surface area contributed by atoms with Crippen LogP contribution < -0.4 is 5.32 Å². The number of carbonyl (C=O) groups excluding carboxylic acids is 2. The Labute approximate surface area is 167 Å². The largest absolute Gasteiger partial charge is 0.326 e. The Bertz CT molecular complexity index is 941. The van der Waals surface area contributed by atoms with Gasteiger partial charge < -0.3 is 5.32 Å². The number of hydrogen-bond acceptors (Lipinski definition) is 4. The second-order valence-corrected chi connectivity index (χ2v) is 8.16. The minimum absolute atomic E-state index is 0.0525. The van der Waals surface area contributed by atoms with Gasteiger partial charge in [-0.2, -0.15) is 0 Å². The fraction of sp³-hybridized carbons (Fsp3) is 0.286. The Hall–Kier alpha value is -2.67. The molecule has 0 aromatic heterocycles. The fourth-order valence-corrected chi connectivity index (χ4v) is 4.27. The normalized spacial score (nSPS) is 20.6. The topological polar surface area (TPSA) is 61.8 Å². The quantitative estimate of drug-likeness (QED) is 0.820. The number of anilines is 1. The van der Waals surface area contributed by atoms with Crippen molar-refractivity contribution in [2.24, 2.45) is 4.99 Å². The van der Waals surface area contributed by atoms with Crippen LogP contribution in [0.2, 0.25) is 0 Å². The summed E-state index contributed by atoms with van der Waals surface area (Å²) in [4.78, 5) is 31.8. The van der Waals surface area contributed by atoms with Crippen molar-refractivity contribution in [2.75, 3.05) is 5.32 Å². The lowest BCUT2D eigenvalue weighted by Gasteiger charge is -2.15. The second-order valence-electron chi connectivity index (χ2n) is 6.99. The third-order valence-electron chi connectivity index (χ3n) is 4.71. The van der Waals surface area contributed by atoms with Crippen LogP contribution in [0.1, 0.15) is 24.8 Å². The van der Waals surface area contributed by atoms with Crippen molar-refractivity contribution in [3.8, 4) is 0 Å². The molecule has 2 amide bonds. The number of hydrogen-bond donors (Lipinski definition) is 1. The van der Waals surface area contributed by atoms with Gasteiger partial charge in [0.2, 0.25) is 11.8 Å². The lowest BCUT2D eigenvalue weighted by Crippen LogP contribution is -2.35. The maximum absolute atomic E-state index is 13.0. The summed E-state index contributed by atoms with van der Waals surface area (Å²) in [5.74, 6) is -0.698. The summed E-state index contributed by atoms with van der Waals surface area (Å²) >= 11 is 1.35. The molecular formula is C21H20FN3O2S. The van der Waals surface area contributed by atoms with E-state index in [2.05, 4.69) is 5.32 Å². The highest BCUT2D eigenvalue weighted by atomic mass is 32.2. The smallest absolute Gasteiger partial charge is 0.242 e. The number of nitrogens with one attached hydrogen (secondary N) is 1. The summed E-state index contributed by atoms with van der Waals surface area (Å²) in [6.45, 7) is 1.98. The molecule has 2 aliphatic rings. The highest BCUT2D eigenvalue weighted by Crippen LogP contribution is 2.39. The lowest BCUT2D eigenvalue weighted by atomic mass is 10.2. The first-order chi connectivity index (χ1) is 13.5. The zero-order valence-corrected chi connectivity index (χ0v) is 16.2. The molecule has 0 radical (unpaired) electrons. The highest BCUT2D eigenvalue weighted by molar-refractivity contribution is 8.15. The minimum Gasteiger partial charge on any atom is -0.326 e. The molecule has 2 aromatic rings. The molecule has 0 spiro atoms. The SMILES string of the molecule is Cc1ccccc1N=C1SC(CC(=O)Nc2ccc(F)cc2)C(=O)N1C1CC1. The number of amidine groups is 1. The Kier molecular flexibility index (Phi) is 5.17. The third-order valence-corrected chi connectivity index (χ3v) is 5.86. The van der Waals surface area contributed by atoms with E-state index in [0.29, 0.717) is 10.9 Å². The van der Waals surface area contributed by atoms with E-state index >= 15 is 0 Å². The molecule has 1 aliphatic carbocycles. The molecule has 1 heterocycles. The Morgan fingerprint density at radius 1 is 1.21 bits per heavy atom. The van der Waals surface area contributed by atoms with Gasteiger partial charge in [-0.1, -0.05) is 30.0 Å². The van der Waals surface area contributed by atoms with Crippen molar-refractivity contribution in [1.29, 1.82) is 0 Å². The maximum atomic E-state index is 13.0. The van der Waals surface area contributed by atoms with Gasteiger partial charge in [-0.15, -0.1) is 0 Å². The van der Waals surface area contributed by atoms with Crippen LogP contribution in [0.3, 0.4) is 0 Å². The molecule has 1 atom stereocenters. The predicted octanol–water partition coefficient (Wildman–Crippen LogP) is 4.26. The summed E-state index contributed by atoms with van der Waals surface area (Å²) in [5.41, 5.74) is 2.38. The van der Waals surface area contributed by atoms with E-state index in [1.54, 1.807) is 4.90 Å². The first kappa shape index (κ1) is 18.7. The van der Waals surface area contributed by atoms with Gasteiger partial charge in [-0.05, 0) is 55.7 Å². The minimum atomic E-state index is -0.496.